The number of hydrogen-bond acceptors (Lipinski definition) is 8. The number of cyclic esters (lactones) is 1. The molecule has 0 spiro atoms. The van der Waals surface area contributed by atoms with Crippen LogP contribution in [0.1, 0.15) is 90.8 Å². The SMILES string of the molecule is CC[C@H]1C(=O)C(C)(C)[C@@H](O)CC(=O)O[C@H](C(C)=Cc2csc(C)n2)C[C@@H]2O[C@@]2(C)CCC[C@H](C)[C@@H]1O. The Morgan fingerprint density at radius 2 is 1.97 bits per heavy atom. The number of rotatable bonds is 3. The van der Waals surface area contributed by atoms with Crippen LogP contribution in [0.15, 0.2) is 11.0 Å². The number of aryl methyl sites for hydroxylation is 1. The Morgan fingerprint density at radius 1 is 1.28 bits per heavy atom. The van der Waals surface area contributed by atoms with Crippen molar-refractivity contribution in [2.24, 2.45) is 17.3 Å². The van der Waals surface area contributed by atoms with Crippen LogP contribution in [0.4, 0.5) is 0 Å². The summed E-state index contributed by atoms with van der Waals surface area (Å²) in [5.74, 6) is -1.45. The van der Waals surface area contributed by atoms with Crippen LogP contribution in [-0.4, -0.2) is 57.0 Å². The molecule has 202 valence electrons. The van der Waals surface area contributed by atoms with Gasteiger partial charge in [-0.1, -0.05) is 34.1 Å². The second-order valence-corrected chi connectivity index (χ2v) is 12.6. The number of esters is 1. The highest BCUT2D eigenvalue weighted by Crippen LogP contribution is 2.45. The molecule has 1 aromatic heterocycles. The summed E-state index contributed by atoms with van der Waals surface area (Å²) in [6, 6.07) is 0. The van der Waals surface area contributed by atoms with Gasteiger partial charge in [0.25, 0.3) is 0 Å². The topological polar surface area (TPSA) is 109 Å². The van der Waals surface area contributed by atoms with Crippen molar-refractivity contribution in [3.05, 3.63) is 21.7 Å². The number of fused-ring (bicyclic) bond motifs is 1. The van der Waals surface area contributed by atoms with E-state index in [1.54, 1.807) is 25.2 Å². The first-order chi connectivity index (χ1) is 16.8. The Kier molecular flexibility index (Phi) is 9.18. The third-order valence-corrected chi connectivity index (χ3v) is 8.98. The first kappa shape index (κ1) is 29.0. The molecule has 2 aliphatic heterocycles. The van der Waals surface area contributed by atoms with E-state index in [0.29, 0.717) is 12.8 Å². The quantitative estimate of drug-likeness (QED) is 0.431. The number of thiazole rings is 1. The van der Waals surface area contributed by atoms with E-state index in [1.807, 2.05) is 39.2 Å². The van der Waals surface area contributed by atoms with Crippen LogP contribution in [0.3, 0.4) is 0 Å². The first-order valence-corrected chi connectivity index (χ1v) is 14.0. The van der Waals surface area contributed by atoms with Gasteiger partial charge in [-0.05, 0) is 57.6 Å². The summed E-state index contributed by atoms with van der Waals surface area (Å²) in [5, 5.41) is 24.9. The largest absolute Gasteiger partial charge is 0.458 e. The number of carbonyl (C=O) groups excluding carboxylic acids is 2. The Balaban J connectivity index is 1.87. The molecule has 0 aromatic carbocycles. The molecule has 36 heavy (non-hydrogen) atoms. The molecular formula is C28H43NO6S. The number of aromatic nitrogens is 1. The normalized spacial score (nSPS) is 36.8. The molecule has 7 atom stereocenters. The fourth-order valence-corrected chi connectivity index (χ4v) is 5.86. The van der Waals surface area contributed by atoms with Crippen molar-refractivity contribution in [3.63, 3.8) is 0 Å². The highest BCUT2D eigenvalue weighted by Gasteiger charge is 2.53. The molecule has 2 fully saturated rings. The number of nitrogens with zero attached hydrogens (tertiary/aromatic N) is 1. The zero-order valence-electron chi connectivity index (χ0n) is 22.7. The standard InChI is InChI=1S/C28H43NO6S/c1-8-20-25(32)16(2)10-9-11-28(7)23(35-28)13-21(17(3)12-19-15-36-18(4)29-19)34-24(31)14-22(30)27(5,6)26(20)33/h12,15-16,20-23,25,30,32H,8-11,13-14H2,1-7H3/t16-,20+,21-,22-,23-,25-,28-/m0/s1. The number of epoxide rings is 1. The average molecular weight is 522 g/mol. The van der Waals surface area contributed by atoms with Crippen LogP contribution in [0.25, 0.3) is 6.08 Å². The average Bonchev–Trinajstić information content (AvgIpc) is 3.24. The molecule has 3 rings (SSSR count). The first-order valence-electron chi connectivity index (χ1n) is 13.2. The highest BCUT2D eigenvalue weighted by molar-refractivity contribution is 7.09. The van der Waals surface area contributed by atoms with Gasteiger partial charge in [0.05, 0.1) is 46.5 Å². The molecule has 2 aliphatic rings. The number of aliphatic hydroxyl groups is 2. The molecule has 2 N–H and O–H groups in total. The number of ether oxygens (including phenoxy) is 2. The van der Waals surface area contributed by atoms with Crippen molar-refractivity contribution >= 4 is 29.2 Å². The predicted octanol–water partition coefficient (Wildman–Crippen LogP) is 4.87. The summed E-state index contributed by atoms with van der Waals surface area (Å²) in [6.07, 6.45) is 2.49. The predicted molar refractivity (Wildman–Crippen MR) is 140 cm³/mol. The fraction of sp³-hybridized carbons (Fsp3) is 0.750. The minimum Gasteiger partial charge on any atom is -0.458 e. The van der Waals surface area contributed by atoms with Crippen LogP contribution < -0.4 is 0 Å². The summed E-state index contributed by atoms with van der Waals surface area (Å²) in [4.78, 5) is 30.9. The van der Waals surface area contributed by atoms with Crippen molar-refractivity contribution in [2.75, 3.05) is 0 Å². The molecule has 0 bridgehead atoms. The summed E-state index contributed by atoms with van der Waals surface area (Å²) in [5.41, 5.74) is 0.183. The van der Waals surface area contributed by atoms with Gasteiger partial charge in [-0.25, -0.2) is 4.98 Å². The lowest BCUT2D eigenvalue weighted by molar-refractivity contribution is -0.154. The van der Waals surface area contributed by atoms with Crippen LogP contribution >= 0.6 is 11.3 Å². The van der Waals surface area contributed by atoms with Crippen LogP contribution in [0.5, 0.6) is 0 Å². The van der Waals surface area contributed by atoms with Gasteiger partial charge >= 0.3 is 5.97 Å². The Bertz CT molecular complexity index is 971. The molecule has 0 amide bonds. The third kappa shape index (κ3) is 6.63. The highest BCUT2D eigenvalue weighted by atomic mass is 32.1. The summed E-state index contributed by atoms with van der Waals surface area (Å²) >= 11 is 1.56. The van der Waals surface area contributed by atoms with E-state index >= 15 is 0 Å². The van der Waals surface area contributed by atoms with E-state index < -0.39 is 35.6 Å². The molecule has 7 nitrogen and oxygen atoms in total. The minimum absolute atomic E-state index is 0.0460. The Hall–Kier alpha value is -1.61. The van der Waals surface area contributed by atoms with Crippen LogP contribution in [0, 0.1) is 24.2 Å². The monoisotopic (exact) mass is 521 g/mol. The zero-order valence-corrected chi connectivity index (χ0v) is 23.6. The van der Waals surface area contributed by atoms with Crippen LogP contribution in [-0.2, 0) is 19.1 Å². The molecule has 3 heterocycles. The molecule has 8 heteroatoms. The van der Waals surface area contributed by atoms with Gasteiger partial charge < -0.3 is 19.7 Å². The van der Waals surface area contributed by atoms with E-state index in [-0.39, 0.29) is 29.8 Å². The molecule has 0 saturated carbocycles. The van der Waals surface area contributed by atoms with Gasteiger partial charge in [-0.3, -0.25) is 9.59 Å². The maximum Gasteiger partial charge on any atom is 0.309 e. The lowest BCUT2D eigenvalue weighted by atomic mass is 9.71. The van der Waals surface area contributed by atoms with Gasteiger partial charge in [-0.15, -0.1) is 11.3 Å². The zero-order chi connectivity index (χ0) is 26.8. The van der Waals surface area contributed by atoms with Gasteiger partial charge in [0.15, 0.2) is 0 Å². The number of carbonyl (C=O) groups is 2. The Labute approximate surface area is 219 Å². The van der Waals surface area contributed by atoms with E-state index in [2.05, 4.69) is 11.9 Å². The van der Waals surface area contributed by atoms with Gasteiger partial charge in [-0.2, -0.15) is 0 Å². The maximum absolute atomic E-state index is 13.4. The van der Waals surface area contributed by atoms with Crippen molar-refractivity contribution in [2.45, 2.75) is 117 Å². The lowest BCUT2D eigenvalue weighted by Gasteiger charge is -2.35. The molecule has 0 radical (unpaired) electrons. The van der Waals surface area contributed by atoms with Gasteiger partial charge in [0.1, 0.15) is 11.9 Å². The minimum atomic E-state index is -1.23. The number of aliphatic hydroxyl groups excluding tert-OH is 2. The summed E-state index contributed by atoms with van der Waals surface area (Å²) in [7, 11) is 0. The molecule has 2 saturated heterocycles. The fourth-order valence-electron chi connectivity index (χ4n) is 5.29. The van der Waals surface area contributed by atoms with Crippen molar-refractivity contribution in [1.29, 1.82) is 0 Å². The van der Waals surface area contributed by atoms with Crippen LogP contribution in [0.2, 0.25) is 0 Å². The van der Waals surface area contributed by atoms with Gasteiger partial charge in [0.2, 0.25) is 0 Å². The van der Waals surface area contributed by atoms with Gasteiger partial charge in [0, 0.05) is 17.7 Å². The van der Waals surface area contributed by atoms with E-state index in [1.165, 1.54) is 0 Å². The number of Topliss-reactive ketones (excluding diaryl/α,β-unsaturated/α-hetero) is 1. The Morgan fingerprint density at radius 3 is 2.58 bits per heavy atom. The summed E-state index contributed by atoms with van der Waals surface area (Å²) in [6.45, 7) is 13.1. The lowest BCUT2D eigenvalue weighted by Crippen LogP contribution is -2.46. The summed E-state index contributed by atoms with van der Waals surface area (Å²) < 4.78 is 12.0. The molecule has 0 aliphatic carbocycles. The molecule has 0 unspecified atom stereocenters. The third-order valence-electron chi connectivity index (χ3n) is 8.19. The molecular weight excluding hydrogens is 478 g/mol. The second kappa shape index (κ2) is 11.4. The van der Waals surface area contributed by atoms with E-state index in [0.717, 1.165) is 35.5 Å². The second-order valence-electron chi connectivity index (χ2n) is 11.5. The van der Waals surface area contributed by atoms with Crippen molar-refractivity contribution in [3.8, 4) is 0 Å². The van der Waals surface area contributed by atoms with E-state index in [9.17, 15) is 19.8 Å². The van der Waals surface area contributed by atoms with Crippen molar-refractivity contribution in [1.82, 2.24) is 4.98 Å². The number of ketones is 1. The molecule has 1 aromatic rings. The van der Waals surface area contributed by atoms with Crippen molar-refractivity contribution < 1.29 is 29.3 Å². The van der Waals surface area contributed by atoms with E-state index in [4.69, 9.17) is 9.47 Å². The maximum atomic E-state index is 13.4. The number of hydrogen-bond donors (Lipinski definition) is 2. The smallest absolute Gasteiger partial charge is 0.309 e.